The maximum atomic E-state index is 11.1. The Morgan fingerprint density at radius 1 is 0.457 bits per heavy atom. The van der Waals surface area contributed by atoms with Crippen molar-refractivity contribution in [1.29, 1.82) is 10.5 Å². The molecule has 0 unspecified atom stereocenters. The van der Waals surface area contributed by atoms with Crippen LogP contribution in [0.25, 0.3) is 55.0 Å². The van der Waals surface area contributed by atoms with E-state index >= 15 is 0 Å². The quantitative estimate of drug-likeness (QED) is 0.202. The Morgan fingerprint density at radius 3 is 0.978 bits per heavy atom. The highest BCUT2D eigenvalue weighted by atomic mass is 15.0. The molecular formula is C42H38N4. The van der Waals surface area contributed by atoms with Crippen LogP contribution in [0.3, 0.4) is 0 Å². The lowest BCUT2D eigenvalue weighted by molar-refractivity contribution is 0.815. The molecule has 4 nitrogen and oxygen atoms in total. The monoisotopic (exact) mass is 598 g/mol. The molecule has 0 aliphatic rings. The second-order valence-corrected chi connectivity index (χ2v) is 13.6. The Bertz CT molecular complexity index is 2200. The van der Waals surface area contributed by atoms with Crippen molar-refractivity contribution in [3.05, 3.63) is 117 Å². The molecule has 0 saturated heterocycles. The molecule has 2 heterocycles. The summed E-state index contributed by atoms with van der Waals surface area (Å²) in [6.07, 6.45) is 0. The maximum Gasteiger partial charge on any atom is 0.102 e. The standard InChI is InChI=1S/C42H38N4/c1-23(2)39-33(21-43)41(45-35-13-9-25(5)17-29(35)30-18-26(6)10-14-36(30)45)40(24(3)4)42(34(39)22-44)46-37-15-11-27(7)19-31(37)32-20-28(8)12-16-38(32)46/h9-20,23-24H,1-8H3. The molecule has 46 heavy (non-hydrogen) atoms. The summed E-state index contributed by atoms with van der Waals surface area (Å²) in [7, 11) is 0. The number of aryl methyl sites for hydroxylation is 4. The van der Waals surface area contributed by atoms with Crippen LogP contribution >= 0.6 is 0 Å². The number of fused-ring (bicyclic) bond motifs is 6. The minimum atomic E-state index is -0.0572. The molecule has 7 aromatic rings. The van der Waals surface area contributed by atoms with Gasteiger partial charge in [-0.15, -0.1) is 0 Å². The van der Waals surface area contributed by atoms with Gasteiger partial charge in [0.05, 0.1) is 44.6 Å². The van der Waals surface area contributed by atoms with Crippen LogP contribution < -0.4 is 0 Å². The van der Waals surface area contributed by atoms with Gasteiger partial charge in [0.1, 0.15) is 12.1 Å². The highest BCUT2D eigenvalue weighted by Gasteiger charge is 2.32. The summed E-state index contributed by atoms with van der Waals surface area (Å²) >= 11 is 0. The van der Waals surface area contributed by atoms with Crippen molar-refractivity contribution < 1.29 is 0 Å². The average molecular weight is 599 g/mol. The molecular weight excluding hydrogens is 560 g/mol. The fraction of sp³-hybridized carbons (Fsp3) is 0.238. The van der Waals surface area contributed by atoms with Gasteiger partial charge >= 0.3 is 0 Å². The SMILES string of the molecule is Cc1ccc2c(c1)c1cc(C)ccc1n2-c1c(C#N)c(C(C)C)c(C#N)c(-n2c3ccc(C)cc3c3cc(C)ccc32)c1C(C)C. The van der Waals surface area contributed by atoms with E-state index in [0.29, 0.717) is 11.1 Å². The van der Waals surface area contributed by atoms with E-state index < -0.39 is 0 Å². The fourth-order valence-corrected chi connectivity index (χ4v) is 7.56. The molecule has 0 amide bonds. The first-order chi connectivity index (χ1) is 22.0. The molecule has 7 rings (SSSR count). The normalized spacial score (nSPS) is 11.8. The molecule has 0 N–H and O–H groups in total. The van der Waals surface area contributed by atoms with Crippen LogP contribution in [0.15, 0.2) is 72.8 Å². The van der Waals surface area contributed by atoms with E-state index in [0.717, 1.165) is 66.1 Å². The Kier molecular flexibility index (Phi) is 6.80. The number of nitriles is 2. The molecule has 0 atom stereocenters. The smallest absolute Gasteiger partial charge is 0.102 e. The number of rotatable bonds is 4. The maximum absolute atomic E-state index is 11.1. The Morgan fingerprint density at radius 2 is 0.739 bits per heavy atom. The summed E-state index contributed by atoms with van der Waals surface area (Å²) in [6.45, 7) is 17.1. The highest BCUT2D eigenvalue weighted by Crippen LogP contribution is 2.46. The lowest BCUT2D eigenvalue weighted by Crippen LogP contribution is -2.16. The largest absolute Gasteiger partial charge is 0.308 e. The fourth-order valence-electron chi connectivity index (χ4n) is 7.56. The van der Waals surface area contributed by atoms with Crippen LogP contribution in [0.4, 0.5) is 0 Å². The number of aromatic nitrogens is 2. The van der Waals surface area contributed by atoms with Crippen LogP contribution in [-0.2, 0) is 0 Å². The lowest BCUT2D eigenvalue weighted by Gasteiger charge is -2.28. The zero-order chi connectivity index (χ0) is 32.6. The van der Waals surface area contributed by atoms with E-state index in [1.165, 1.54) is 22.3 Å². The summed E-state index contributed by atoms with van der Waals surface area (Å²) in [6, 6.07) is 31.6. The van der Waals surface area contributed by atoms with Crippen molar-refractivity contribution in [2.45, 2.75) is 67.2 Å². The van der Waals surface area contributed by atoms with Crippen molar-refractivity contribution in [3.63, 3.8) is 0 Å². The van der Waals surface area contributed by atoms with Crippen LogP contribution in [0.5, 0.6) is 0 Å². The molecule has 226 valence electrons. The third kappa shape index (κ3) is 4.18. The highest BCUT2D eigenvalue weighted by molar-refractivity contribution is 6.12. The van der Waals surface area contributed by atoms with Gasteiger partial charge < -0.3 is 9.13 Å². The Hall–Kier alpha value is -5.32. The second kappa shape index (κ2) is 10.6. The molecule has 0 spiro atoms. The van der Waals surface area contributed by atoms with Crippen molar-refractivity contribution >= 4 is 43.6 Å². The summed E-state index contributed by atoms with van der Waals surface area (Å²) in [5.74, 6) is -0.0598. The molecule has 0 fully saturated rings. The third-order valence-electron chi connectivity index (χ3n) is 9.50. The van der Waals surface area contributed by atoms with Crippen molar-refractivity contribution in [3.8, 4) is 23.5 Å². The predicted molar refractivity (Wildman–Crippen MR) is 192 cm³/mol. The average Bonchev–Trinajstić information content (AvgIpc) is 3.50. The van der Waals surface area contributed by atoms with E-state index in [2.05, 4.69) is 149 Å². The van der Waals surface area contributed by atoms with E-state index in [1.807, 2.05) is 0 Å². The lowest BCUT2D eigenvalue weighted by atomic mass is 9.84. The van der Waals surface area contributed by atoms with Gasteiger partial charge in [0.15, 0.2) is 0 Å². The molecule has 0 bridgehead atoms. The minimum absolute atomic E-state index is 0.00259. The van der Waals surface area contributed by atoms with Gasteiger partial charge in [-0.1, -0.05) is 74.2 Å². The summed E-state index contributed by atoms with van der Waals surface area (Å²) in [4.78, 5) is 0. The third-order valence-corrected chi connectivity index (χ3v) is 9.50. The van der Waals surface area contributed by atoms with E-state index in [-0.39, 0.29) is 11.8 Å². The van der Waals surface area contributed by atoms with Crippen LogP contribution in [-0.4, -0.2) is 9.13 Å². The van der Waals surface area contributed by atoms with E-state index in [9.17, 15) is 10.5 Å². The Labute approximate surface area is 270 Å². The first-order valence-corrected chi connectivity index (χ1v) is 16.1. The first-order valence-electron chi connectivity index (χ1n) is 16.1. The Balaban J connectivity index is 1.80. The molecule has 4 heteroatoms. The number of hydrogen-bond acceptors (Lipinski definition) is 2. The number of nitrogens with zero attached hydrogens (tertiary/aromatic N) is 4. The van der Waals surface area contributed by atoms with Gasteiger partial charge in [0.2, 0.25) is 0 Å². The van der Waals surface area contributed by atoms with Gasteiger partial charge in [-0.05, 0) is 93.6 Å². The summed E-state index contributed by atoms with van der Waals surface area (Å²) in [5, 5.41) is 26.8. The first kappa shape index (κ1) is 29.4. The molecule has 5 aromatic carbocycles. The van der Waals surface area contributed by atoms with Crippen LogP contribution in [0, 0.1) is 50.4 Å². The van der Waals surface area contributed by atoms with Crippen molar-refractivity contribution in [2.24, 2.45) is 0 Å². The number of hydrogen-bond donors (Lipinski definition) is 0. The zero-order valence-corrected chi connectivity index (χ0v) is 27.9. The molecule has 0 aliphatic heterocycles. The summed E-state index contributed by atoms with van der Waals surface area (Å²) < 4.78 is 4.60. The molecule has 2 aromatic heterocycles. The van der Waals surface area contributed by atoms with E-state index in [4.69, 9.17) is 0 Å². The van der Waals surface area contributed by atoms with Crippen LogP contribution in [0.2, 0.25) is 0 Å². The van der Waals surface area contributed by atoms with Gasteiger partial charge in [0.25, 0.3) is 0 Å². The minimum Gasteiger partial charge on any atom is -0.308 e. The molecule has 0 radical (unpaired) electrons. The van der Waals surface area contributed by atoms with Gasteiger partial charge in [-0.3, -0.25) is 0 Å². The van der Waals surface area contributed by atoms with Gasteiger partial charge in [0, 0.05) is 27.1 Å². The van der Waals surface area contributed by atoms with Crippen molar-refractivity contribution in [1.82, 2.24) is 9.13 Å². The van der Waals surface area contributed by atoms with Gasteiger partial charge in [-0.25, -0.2) is 0 Å². The topological polar surface area (TPSA) is 57.4 Å². The number of benzene rings is 5. The van der Waals surface area contributed by atoms with E-state index in [1.54, 1.807) is 0 Å². The second-order valence-electron chi connectivity index (χ2n) is 13.6. The molecule has 0 aliphatic carbocycles. The summed E-state index contributed by atoms with van der Waals surface area (Å²) in [5.41, 5.74) is 13.7. The predicted octanol–water partition coefficient (Wildman–Crippen LogP) is 11.1. The van der Waals surface area contributed by atoms with Crippen molar-refractivity contribution in [2.75, 3.05) is 0 Å². The van der Waals surface area contributed by atoms with Crippen LogP contribution in [0.1, 0.15) is 84.0 Å². The zero-order valence-electron chi connectivity index (χ0n) is 27.9. The van der Waals surface area contributed by atoms with Gasteiger partial charge in [-0.2, -0.15) is 10.5 Å². The molecule has 0 saturated carbocycles.